The number of rotatable bonds is 6. The number of anilines is 1. The van der Waals surface area contributed by atoms with Gasteiger partial charge in [0.25, 0.3) is 0 Å². The summed E-state index contributed by atoms with van der Waals surface area (Å²) in [7, 11) is 0. The molecule has 0 spiro atoms. The lowest BCUT2D eigenvalue weighted by Crippen LogP contribution is -2.45. The van der Waals surface area contributed by atoms with Crippen LogP contribution in [0.4, 0.5) is 10.5 Å². The van der Waals surface area contributed by atoms with E-state index in [1.165, 1.54) is 0 Å². The van der Waals surface area contributed by atoms with Crippen LogP contribution >= 0.6 is 0 Å². The van der Waals surface area contributed by atoms with Gasteiger partial charge in [0.15, 0.2) is 0 Å². The Morgan fingerprint density at radius 1 is 1.03 bits per heavy atom. The SMILES string of the molecule is Cc1cccc(C)c1NC(=O)NC(=NCCOCc1ccccc1)N1CCCC1. The van der Waals surface area contributed by atoms with Crippen molar-refractivity contribution in [3.8, 4) is 0 Å². The van der Waals surface area contributed by atoms with Crippen molar-refractivity contribution in [2.75, 3.05) is 31.6 Å². The Bertz CT molecular complexity index is 810. The number of urea groups is 1. The Labute approximate surface area is 173 Å². The lowest BCUT2D eigenvalue weighted by molar-refractivity contribution is 0.128. The fraction of sp³-hybridized carbons (Fsp3) is 0.391. The molecule has 2 amide bonds. The van der Waals surface area contributed by atoms with E-state index in [0.29, 0.717) is 25.7 Å². The van der Waals surface area contributed by atoms with Crippen LogP contribution in [0.25, 0.3) is 0 Å². The summed E-state index contributed by atoms with van der Waals surface area (Å²) >= 11 is 0. The number of likely N-dealkylation sites (tertiary alicyclic amines) is 1. The van der Waals surface area contributed by atoms with Gasteiger partial charge in [-0.2, -0.15) is 0 Å². The minimum Gasteiger partial charge on any atom is -0.375 e. The van der Waals surface area contributed by atoms with Crippen LogP contribution in [0.3, 0.4) is 0 Å². The van der Waals surface area contributed by atoms with Crippen LogP contribution in [0.15, 0.2) is 53.5 Å². The number of nitrogens with one attached hydrogen (secondary N) is 2. The van der Waals surface area contributed by atoms with Crippen molar-refractivity contribution < 1.29 is 9.53 Å². The number of hydrogen-bond donors (Lipinski definition) is 2. The molecule has 2 aromatic carbocycles. The molecular weight excluding hydrogens is 364 g/mol. The molecule has 1 aliphatic heterocycles. The fourth-order valence-corrected chi connectivity index (χ4v) is 3.39. The van der Waals surface area contributed by atoms with Crippen LogP contribution < -0.4 is 10.6 Å². The zero-order chi connectivity index (χ0) is 20.5. The van der Waals surface area contributed by atoms with E-state index in [-0.39, 0.29) is 6.03 Å². The molecule has 2 N–H and O–H groups in total. The molecule has 1 saturated heterocycles. The summed E-state index contributed by atoms with van der Waals surface area (Å²) in [5.74, 6) is 0.620. The third-order valence-electron chi connectivity index (χ3n) is 4.96. The molecule has 6 heteroatoms. The van der Waals surface area contributed by atoms with Crippen LogP contribution in [0.5, 0.6) is 0 Å². The Kier molecular flexibility index (Phi) is 7.64. The maximum atomic E-state index is 12.6. The monoisotopic (exact) mass is 394 g/mol. The number of ether oxygens (including phenoxy) is 1. The number of amides is 2. The zero-order valence-corrected chi connectivity index (χ0v) is 17.3. The van der Waals surface area contributed by atoms with Gasteiger partial charge in [-0.15, -0.1) is 0 Å². The number of hydrogen-bond acceptors (Lipinski definition) is 3. The first-order chi connectivity index (χ1) is 14.1. The lowest BCUT2D eigenvalue weighted by atomic mass is 10.1. The van der Waals surface area contributed by atoms with E-state index in [2.05, 4.69) is 20.5 Å². The summed E-state index contributed by atoms with van der Waals surface area (Å²) < 4.78 is 5.71. The van der Waals surface area contributed by atoms with Crippen molar-refractivity contribution in [3.05, 3.63) is 65.2 Å². The second-order valence-corrected chi connectivity index (χ2v) is 7.28. The van der Waals surface area contributed by atoms with Gasteiger partial charge in [-0.3, -0.25) is 10.3 Å². The first kappa shape index (κ1) is 20.9. The first-order valence-corrected chi connectivity index (χ1v) is 10.2. The van der Waals surface area contributed by atoms with E-state index in [1.54, 1.807) is 0 Å². The van der Waals surface area contributed by atoms with Gasteiger partial charge in [-0.05, 0) is 43.4 Å². The third kappa shape index (κ3) is 6.32. The van der Waals surface area contributed by atoms with Gasteiger partial charge in [0.05, 0.1) is 19.8 Å². The molecule has 0 atom stereocenters. The maximum Gasteiger partial charge on any atom is 0.326 e. The van der Waals surface area contributed by atoms with E-state index in [9.17, 15) is 4.79 Å². The molecule has 0 radical (unpaired) electrons. The highest BCUT2D eigenvalue weighted by Crippen LogP contribution is 2.19. The van der Waals surface area contributed by atoms with Gasteiger partial charge in [0, 0.05) is 18.8 Å². The molecule has 3 rings (SSSR count). The topological polar surface area (TPSA) is 66.0 Å². The number of para-hydroxylation sites is 1. The largest absolute Gasteiger partial charge is 0.375 e. The summed E-state index contributed by atoms with van der Waals surface area (Å²) in [6.45, 7) is 7.37. The third-order valence-corrected chi connectivity index (χ3v) is 4.96. The summed E-state index contributed by atoms with van der Waals surface area (Å²) in [6.07, 6.45) is 2.23. The number of carbonyl (C=O) groups excluding carboxylic acids is 1. The van der Waals surface area contributed by atoms with E-state index >= 15 is 0 Å². The summed E-state index contributed by atoms with van der Waals surface area (Å²) in [6, 6.07) is 15.8. The summed E-state index contributed by atoms with van der Waals surface area (Å²) in [4.78, 5) is 19.3. The van der Waals surface area contributed by atoms with Gasteiger partial charge in [-0.25, -0.2) is 4.79 Å². The second-order valence-electron chi connectivity index (χ2n) is 7.28. The van der Waals surface area contributed by atoms with Crippen LogP contribution in [0.2, 0.25) is 0 Å². The molecule has 0 saturated carbocycles. The molecule has 2 aromatic rings. The molecule has 1 heterocycles. The molecule has 0 unspecified atom stereocenters. The average Bonchev–Trinajstić information content (AvgIpc) is 3.25. The van der Waals surface area contributed by atoms with Crippen LogP contribution in [-0.4, -0.2) is 43.1 Å². The molecule has 0 aromatic heterocycles. The highest BCUT2D eigenvalue weighted by Gasteiger charge is 2.18. The predicted octanol–water partition coefficient (Wildman–Crippen LogP) is 4.09. The highest BCUT2D eigenvalue weighted by atomic mass is 16.5. The normalized spacial score (nSPS) is 14.1. The van der Waals surface area contributed by atoms with E-state index in [4.69, 9.17) is 4.74 Å². The minimum absolute atomic E-state index is 0.266. The Morgan fingerprint density at radius 2 is 1.72 bits per heavy atom. The van der Waals surface area contributed by atoms with E-state index < -0.39 is 0 Å². The van der Waals surface area contributed by atoms with Crippen molar-refractivity contribution >= 4 is 17.7 Å². The standard InChI is InChI=1S/C23H30N4O2/c1-18-9-8-10-19(2)21(18)25-23(28)26-22(27-14-6-7-15-27)24-13-16-29-17-20-11-4-3-5-12-20/h3-5,8-12H,6-7,13-17H2,1-2H3,(H2,24,25,26,28). The number of aryl methyl sites for hydroxylation is 2. The van der Waals surface area contributed by atoms with Crippen molar-refractivity contribution in [2.45, 2.75) is 33.3 Å². The Balaban J connectivity index is 1.55. The van der Waals surface area contributed by atoms with E-state index in [1.807, 2.05) is 62.4 Å². The van der Waals surface area contributed by atoms with Crippen molar-refractivity contribution in [2.24, 2.45) is 4.99 Å². The predicted molar refractivity (Wildman–Crippen MR) is 117 cm³/mol. The number of nitrogens with zero attached hydrogens (tertiary/aromatic N) is 2. The Hall–Kier alpha value is -2.86. The summed E-state index contributed by atoms with van der Waals surface area (Å²) in [5.41, 5.74) is 4.06. The minimum atomic E-state index is -0.266. The lowest BCUT2D eigenvalue weighted by Gasteiger charge is -2.21. The molecule has 154 valence electrons. The number of benzene rings is 2. The average molecular weight is 395 g/mol. The second kappa shape index (κ2) is 10.6. The van der Waals surface area contributed by atoms with Crippen molar-refractivity contribution in [3.63, 3.8) is 0 Å². The molecule has 6 nitrogen and oxygen atoms in total. The van der Waals surface area contributed by atoms with Crippen LogP contribution in [0.1, 0.15) is 29.5 Å². The van der Waals surface area contributed by atoms with Gasteiger partial charge >= 0.3 is 6.03 Å². The quantitative estimate of drug-likeness (QED) is 0.440. The molecule has 29 heavy (non-hydrogen) atoms. The number of guanidine groups is 1. The zero-order valence-electron chi connectivity index (χ0n) is 17.3. The van der Waals surface area contributed by atoms with Gasteiger partial charge in [0.1, 0.15) is 0 Å². The van der Waals surface area contributed by atoms with Crippen LogP contribution in [0, 0.1) is 13.8 Å². The highest BCUT2D eigenvalue weighted by molar-refractivity contribution is 6.03. The fourth-order valence-electron chi connectivity index (χ4n) is 3.39. The number of aliphatic imine (C=N–C) groups is 1. The molecule has 1 aliphatic rings. The molecule has 0 aliphatic carbocycles. The van der Waals surface area contributed by atoms with Crippen molar-refractivity contribution in [1.82, 2.24) is 10.2 Å². The van der Waals surface area contributed by atoms with E-state index in [0.717, 1.165) is 48.3 Å². The maximum absolute atomic E-state index is 12.6. The smallest absolute Gasteiger partial charge is 0.326 e. The molecule has 1 fully saturated rings. The van der Waals surface area contributed by atoms with Gasteiger partial charge < -0.3 is 15.0 Å². The van der Waals surface area contributed by atoms with Gasteiger partial charge in [0.2, 0.25) is 5.96 Å². The Morgan fingerprint density at radius 3 is 2.41 bits per heavy atom. The molecular formula is C23H30N4O2. The molecule has 0 bridgehead atoms. The van der Waals surface area contributed by atoms with Gasteiger partial charge in [-0.1, -0.05) is 48.5 Å². The van der Waals surface area contributed by atoms with Crippen molar-refractivity contribution in [1.29, 1.82) is 0 Å². The summed E-state index contributed by atoms with van der Waals surface area (Å²) in [5, 5.41) is 5.91. The van der Waals surface area contributed by atoms with Crippen LogP contribution in [-0.2, 0) is 11.3 Å². The number of carbonyl (C=O) groups is 1. The first-order valence-electron chi connectivity index (χ1n) is 10.2.